The van der Waals surface area contributed by atoms with Crippen molar-refractivity contribution in [2.75, 3.05) is 25.1 Å². The normalized spacial score (nSPS) is 11.3. The Labute approximate surface area is 157 Å². The Morgan fingerprint density at radius 2 is 1.78 bits per heavy atom. The predicted octanol–water partition coefficient (Wildman–Crippen LogP) is 2.99. The van der Waals surface area contributed by atoms with Gasteiger partial charge in [0.05, 0.1) is 18.2 Å². The molecule has 7 heteroatoms. The third-order valence-electron chi connectivity index (χ3n) is 3.75. The van der Waals surface area contributed by atoms with E-state index >= 15 is 0 Å². The van der Waals surface area contributed by atoms with E-state index < -0.39 is 12.2 Å². The van der Waals surface area contributed by atoms with E-state index in [1.807, 2.05) is 6.07 Å². The first-order chi connectivity index (χ1) is 13.2. The van der Waals surface area contributed by atoms with Crippen molar-refractivity contribution in [1.29, 1.82) is 5.26 Å². The van der Waals surface area contributed by atoms with Crippen molar-refractivity contribution in [1.82, 2.24) is 0 Å². The minimum absolute atomic E-state index is 0.00516. The lowest BCUT2D eigenvalue weighted by Gasteiger charge is -2.19. The predicted molar refractivity (Wildman–Crippen MR) is 99.3 cm³/mol. The molecule has 0 aliphatic carbocycles. The standard InChI is InChI=1S/C20H22N2O5/c21-14-15-3-7-17(8-4-15)22-20(25)27-19(2-1-11-23)16-5-9-18(10-6-16)26-13-12-24/h3-10,19,23-24H,1-2,11-13H2,(H,22,25)/t19-/m1/s1. The SMILES string of the molecule is N#Cc1ccc(NC(=O)O[C@H](CCCO)c2ccc(OCCO)cc2)cc1. The average molecular weight is 370 g/mol. The largest absolute Gasteiger partial charge is 0.491 e. The minimum atomic E-state index is -0.622. The van der Waals surface area contributed by atoms with Gasteiger partial charge in [0.25, 0.3) is 0 Å². The lowest BCUT2D eigenvalue weighted by atomic mass is 10.0. The third kappa shape index (κ3) is 6.62. The van der Waals surface area contributed by atoms with Crippen molar-refractivity contribution < 1.29 is 24.5 Å². The van der Waals surface area contributed by atoms with Crippen molar-refractivity contribution in [2.45, 2.75) is 18.9 Å². The topological polar surface area (TPSA) is 112 Å². The van der Waals surface area contributed by atoms with E-state index in [-0.39, 0.29) is 19.8 Å². The van der Waals surface area contributed by atoms with Crippen LogP contribution in [0.2, 0.25) is 0 Å². The van der Waals surface area contributed by atoms with E-state index in [0.717, 1.165) is 5.56 Å². The lowest BCUT2D eigenvalue weighted by molar-refractivity contribution is 0.0994. The number of ether oxygens (including phenoxy) is 2. The summed E-state index contributed by atoms with van der Waals surface area (Å²) in [6.45, 7) is 0.130. The first kappa shape index (κ1) is 20.2. The van der Waals surface area contributed by atoms with E-state index in [2.05, 4.69) is 5.32 Å². The fourth-order valence-corrected chi connectivity index (χ4v) is 2.42. The van der Waals surface area contributed by atoms with Gasteiger partial charge in [-0.3, -0.25) is 5.32 Å². The number of carbonyl (C=O) groups excluding carboxylic acids is 1. The number of nitrogens with one attached hydrogen (secondary N) is 1. The van der Waals surface area contributed by atoms with Gasteiger partial charge in [0, 0.05) is 12.3 Å². The smallest absolute Gasteiger partial charge is 0.412 e. The van der Waals surface area contributed by atoms with Crippen molar-refractivity contribution in [3.05, 3.63) is 59.7 Å². The maximum absolute atomic E-state index is 12.2. The van der Waals surface area contributed by atoms with Gasteiger partial charge < -0.3 is 19.7 Å². The summed E-state index contributed by atoms with van der Waals surface area (Å²) >= 11 is 0. The molecule has 2 aromatic rings. The molecule has 0 spiro atoms. The molecule has 2 rings (SSSR count). The Balaban J connectivity index is 2.01. The summed E-state index contributed by atoms with van der Waals surface area (Å²) in [4.78, 5) is 12.2. The highest BCUT2D eigenvalue weighted by Crippen LogP contribution is 2.25. The second-order valence-electron chi connectivity index (χ2n) is 5.72. The summed E-state index contributed by atoms with van der Waals surface area (Å²) < 4.78 is 10.8. The Morgan fingerprint density at radius 3 is 2.37 bits per heavy atom. The van der Waals surface area contributed by atoms with Gasteiger partial charge in [-0.1, -0.05) is 12.1 Å². The molecule has 0 unspecified atom stereocenters. The molecule has 0 aliphatic heterocycles. The van der Waals surface area contributed by atoms with Gasteiger partial charge in [-0.2, -0.15) is 5.26 Å². The van der Waals surface area contributed by atoms with E-state index in [0.29, 0.717) is 29.8 Å². The molecule has 0 fully saturated rings. The summed E-state index contributed by atoms with van der Waals surface area (Å²) in [5, 5.41) is 29.3. The van der Waals surface area contributed by atoms with Crippen LogP contribution in [0.15, 0.2) is 48.5 Å². The lowest BCUT2D eigenvalue weighted by Crippen LogP contribution is -2.18. The Morgan fingerprint density at radius 1 is 1.07 bits per heavy atom. The number of hydrogen-bond donors (Lipinski definition) is 3. The van der Waals surface area contributed by atoms with Crippen LogP contribution < -0.4 is 10.1 Å². The van der Waals surface area contributed by atoms with Gasteiger partial charge in [-0.05, 0) is 54.8 Å². The molecule has 0 heterocycles. The van der Waals surface area contributed by atoms with Gasteiger partial charge in [0.1, 0.15) is 18.5 Å². The molecule has 7 nitrogen and oxygen atoms in total. The second-order valence-corrected chi connectivity index (χ2v) is 5.72. The molecule has 142 valence electrons. The van der Waals surface area contributed by atoms with Crippen molar-refractivity contribution >= 4 is 11.8 Å². The summed E-state index contributed by atoms with van der Waals surface area (Å²) in [6, 6.07) is 15.5. The Hall–Kier alpha value is -3.08. The molecule has 0 aliphatic rings. The zero-order valence-electron chi connectivity index (χ0n) is 14.8. The molecular weight excluding hydrogens is 348 g/mol. The highest BCUT2D eigenvalue weighted by Gasteiger charge is 2.17. The zero-order valence-corrected chi connectivity index (χ0v) is 14.8. The van der Waals surface area contributed by atoms with Crippen LogP contribution in [0.5, 0.6) is 5.75 Å². The number of rotatable bonds is 9. The van der Waals surface area contributed by atoms with Crippen LogP contribution in [0.1, 0.15) is 30.1 Å². The number of aliphatic hydroxyl groups is 2. The van der Waals surface area contributed by atoms with Crippen molar-refractivity contribution in [2.24, 2.45) is 0 Å². The highest BCUT2D eigenvalue weighted by molar-refractivity contribution is 5.84. The number of nitrogens with zero attached hydrogens (tertiary/aromatic N) is 1. The maximum Gasteiger partial charge on any atom is 0.412 e. The van der Waals surface area contributed by atoms with Crippen LogP contribution in [0, 0.1) is 11.3 Å². The monoisotopic (exact) mass is 370 g/mol. The molecule has 0 bridgehead atoms. The van der Waals surface area contributed by atoms with E-state index in [4.69, 9.17) is 24.9 Å². The number of carbonyl (C=O) groups is 1. The molecular formula is C20H22N2O5. The van der Waals surface area contributed by atoms with Crippen LogP contribution in [-0.4, -0.2) is 36.1 Å². The molecule has 0 aromatic heterocycles. The molecule has 0 saturated heterocycles. The number of aliphatic hydroxyl groups excluding tert-OH is 2. The summed E-state index contributed by atoms with van der Waals surface area (Å²) in [5.74, 6) is 0.607. The van der Waals surface area contributed by atoms with E-state index in [1.54, 1.807) is 48.5 Å². The van der Waals surface area contributed by atoms with Gasteiger partial charge in [0.2, 0.25) is 0 Å². The summed E-state index contributed by atoms with van der Waals surface area (Å²) in [6.07, 6.45) is -0.197. The third-order valence-corrected chi connectivity index (χ3v) is 3.75. The molecule has 27 heavy (non-hydrogen) atoms. The van der Waals surface area contributed by atoms with Gasteiger partial charge in [-0.25, -0.2) is 4.79 Å². The number of amides is 1. The molecule has 1 amide bonds. The molecule has 2 aromatic carbocycles. The van der Waals surface area contributed by atoms with E-state index in [9.17, 15) is 4.79 Å². The number of benzene rings is 2. The number of hydrogen-bond acceptors (Lipinski definition) is 6. The summed E-state index contributed by atoms with van der Waals surface area (Å²) in [7, 11) is 0. The Kier molecular flexibility index (Phi) is 8.10. The minimum Gasteiger partial charge on any atom is -0.491 e. The Bertz CT molecular complexity index is 753. The molecule has 1 atom stereocenters. The van der Waals surface area contributed by atoms with Crippen LogP contribution in [0.3, 0.4) is 0 Å². The zero-order chi connectivity index (χ0) is 19.5. The fraction of sp³-hybridized carbons (Fsp3) is 0.300. The van der Waals surface area contributed by atoms with Gasteiger partial charge in [0.15, 0.2) is 0 Å². The second kappa shape index (κ2) is 10.8. The summed E-state index contributed by atoms with van der Waals surface area (Å²) in [5.41, 5.74) is 1.79. The molecule has 0 saturated carbocycles. The molecule has 0 radical (unpaired) electrons. The van der Waals surface area contributed by atoms with Crippen LogP contribution in [-0.2, 0) is 4.74 Å². The van der Waals surface area contributed by atoms with Gasteiger partial charge >= 0.3 is 6.09 Å². The van der Waals surface area contributed by atoms with Crippen molar-refractivity contribution in [3.63, 3.8) is 0 Å². The van der Waals surface area contributed by atoms with Crippen molar-refractivity contribution in [3.8, 4) is 11.8 Å². The fourth-order valence-electron chi connectivity index (χ4n) is 2.42. The average Bonchev–Trinajstić information content (AvgIpc) is 2.70. The number of nitriles is 1. The first-order valence-electron chi connectivity index (χ1n) is 8.58. The van der Waals surface area contributed by atoms with Crippen LogP contribution in [0.4, 0.5) is 10.5 Å². The van der Waals surface area contributed by atoms with Crippen LogP contribution in [0.25, 0.3) is 0 Å². The van der Waals surface area contributed by atoms with E-state index in [1.165, 1.54) is 0 Å². The highest BCUT2D eigenvalue weighted by atomic mass is 16.6. The number of anilines is 1. The van der Waals surface area contributed by atoms with Crippen LogP contribution >= 0.6 is 0 Å². The quantitative estimate of drug-likeness (QED) is 0.626. The van der Waals surface area contributed by atoms with Gasteiger partial charge in [-0.15, -0.1) is 0 Å². The first-order valence-corrected chi connectivity index (χ1v) is 8.58. The molecule has 3 N–H and O–H groups in total. The maximum atomic E-state index is 12.2.